The summed E-state index contributed by atoms with van der Waals surface area (Å²) in [6, 6.07) is 21.9. The smallest absolute Gasteiger partial charge is 0.241 e. The highest BCUT2D eigenvalue weighted by molar-refractivity contribution is 7.22. The molecule has 6 rings (SSSR count). The van der Waals surface area contributed by atoms with Crippen LogP contribution in [0.1, 0.15) is 36.0 Å². The van der Waals surface area contributed by atoms with Crippen molar-refractivity contribution in [3.63, 3.8) is 0 Å². The van der Waals surface area contributed by atoms with Crippen molar-refractivity contribution in [2.75, 3.05) is 11.4 Å². The minimum Gasteiger partial charge on any atom is -0.457 e. The van der Waals surface area contributed by atoms with E-state index in [0.717, 1.165) is 57.4 Å². The summed E-state index contributed by atoms with van der Waals surface area (Å²) in [5.41, 5.74) is 3.95. The minimum atomic E-state index is -0.461. The van der Waals surface area contributed by atoms with Crippen molar-refractivity contribution in [3.05, 3.63) is 102 Å². The number of aryl methyl sites for hydroxylation is 2. The molecule has 0 radical (unpaired) electrons. The van der Waals surface area contributed by atoms with Crippen LogP contribution >= 0.6 is 23.7 Å². The number of amides is 1. The average molecular weight is 531 g/mol. The molecule has 6 nitrogen and oxygen atoms in total. The van der Waals surface area contributed by atoms with Crippen molar-refractivity contribution in [2.45, 2.75) is 32.2 Å². The number of imidazole rings is 1. The molecule has 0 N–H and O–H groups in total. The first-order valence-corrected chi connectivity index (χ1v) is 13.1. The van der Waals surface area contributed by atoms with Crippen LogP contribution in [0.5, 0.6) is 11.5 Å². The van der Waals surface area contributed by atoms with Gasteiger partial charge in [0.05, 0.1) is 22.5 Å². The second-order valence-electron chi connectivity index (χ2n) is 8.87. The Hall–Kier alpha value is -3.68. The number of halogens is 1. The molecule has 3 aromatic carbocycles. The van der Waals surface area contributed by atoms with Crippen molar-refractivity contribution in [1.82, 2.24) is 14.5 Å². The Morgan fingerprint density at radius 2 is 1.76 bits per heavy atom. The number of benzene rings is 3. The number of rotatable bonds is 7. The number of carbonyl (C=O) groups is 1. The number of hydrogen-bond acceptors (Lipinski definition) is 5. The largest absolute Gasteiger partial charge is 0.457 e. The van der Waals surface area contributed by atoms with Crippen LogP contribution < -0.4 is 9.64 Å². The number of ether oxygens (including phenoxy) is 1. The predicted octanol–water partition coefficient (Wildman–Crippen LogP) is 6.84. The molecular weight excluding hydrogens is 504 g/mol. The molecule has 0 atom stereocenters. The van der Waals surface area contributed by atoms with Gasteiger partial charge in [-0.05, 0) is 36.6 Å². The molecular formula is C29H27ClN4O2S. The Labute approximate surface area is 226 Å². The molecule has 0 spiro atoms. The summed E-state index contributed by atoms with van der Waals surface area (Å²) in [7, 11) is 0. The zero-order chi connectivity index (χ0) is 24.5. The summed E-state index contributed by atoms with van der Waals surface area (Å²) in [5, 5.41) is 0.739. The quantitative estimate of drug-likeness (QED) is 0.231. The van der Waals surface area contributed by atoms with E-state index < -0.39 is 5.92 Å². The lowest BCUT2D eigenvalue weighted by Crippen LogP contribution is -2.37. The summed E-state index contributed by atoms with van der Waals surface area (Å²) in [5.74, 6) is 1.01. The molecule has 1 aliphatic heterocycles. The summed E-state index contributed by atoms with van der Waals surface area (Å²) in [6.07, 6.45) is 7.21. The van der Waals surface area contributed by atoms with E-state index in [4.69, 9.17) is 9.72 Å². The number of hydrogen-bond donors (Lipinski definition) is 0. The predicted molar refractivity (Wildman–Crippen MR) is 150 cm³/mol. The molecule has 0 saturated heterocycles. The highest BCUT2D eigenvalue weighted by atomic mass is 35.5. The number of anilines is 1. The van der Waals surface area contributed by atoms with Gasteiger partial charge < -0.3 is 9.30 Å². The maximum atomic E-state index is 14.5. The van der Waals surface area contributed by atoms with E-state index in [0.29, 0.717) is 6.54 Å². The van der Waals surface area contributed by atoms with Crippen molar-refractivity contribution in [2.24, 2.45) is 0 Å². The van der Waals surface area contributed by atoms with E-state index in [2.05, 4.69) is 30.1 Å². The van der Waals surface area contributed by atoms with Gasteiger partial charge in [0.2, 0.25) is 5.91 Å². The van der Waals surface area contributed by atoms with Crippen molar-refractivity contribution in [3.8, 4) is 11.5 Å². The lowest BCUT2D eigenvalue weighted by molar-refractivity contribution is -0.119. The maximum Gasteiger partial charge on any atom is 0.241 e. The molecule has 1 aliphatic rings. The number of nitrogens with zero attached hydrogens (tertiary/aromatic N) is 4. The SMILES string of the molecule is CCc1cccc2sc(N(CCCn3ccnc3)C(=O)C3c4ccccc4Oc4ccccc43)nc12.Cl. The summed E-state index contributed by atoms with van der Waals surface area (Å²) in [6.45, 7) is 3.47. The van der Waals surface area contributed by atoms with E-state index in [1.54, 1.807) is 17.5 Å². The molecule has 0 saturated carbocycles. The number of thiazole rings is 1. The van der Waals surface area contributed by atoms with Crippen LogP contribution in [0.15, 0.2) is 85.5 Å². The first-order valence-electron chi connectivity index (χ1n) is 12.2. The molecule has 0 aliphatic carbocycles. The van der Waals surface area contributed by atoms with Gasteiger partial charge in [0, 0.05) is 36.6 Å². The van der Waals surface area contributed by atoms with Gasteiger partial charge in [-0.25, -0.2) is 9.97 Å². The minimum absolute atomic E-state index is 0. The second-order valence-corrected chi connectivity index (χ2v) is 9.88. The van der Waals surface area contributed by atoms with Crippen LogP contribution in [0.25, 0.3) is 10.2 Å². The highest BCUT2D eigenvalue weighted by Crippen LogP contribution is 2.45. The van der Waals surface area contributed by atoms with Crippen LogP contribution in [-0.4, -0.2) is 27.0 Å². The molecule has 0 bridgehead atoms. The maximum absolute atomic E-state index is 14.5. The Morgan fingerprint density at radius 3 is 2.43 bits per heavy atom. The first-order chi connectivity index (χ1) is 17.7. The number of carbonyl (C=O) groups excluding carboxylic acids is 1. The molecule has 8 heteroatoms. The van der Waals surface area contributed by atoms with Crippen LogP contribution in [-0.2, 0) is 17.8 Å². The Kier molecular flexibility index (Phi) is 7.26. The molecule has 5 aromatic rings. The van der Waals surface area contributed by atoms with Gasteiger partial charge in [0.25, 0.3) is 0 Å². The van der Waals surface area contributed by atoms with Crippen molar-refractivity contribution < 1.29 is 9.53 Å². The summed E-state index contributed by atoms with van der Waals surface area (Å²) < 4.78 is 9.30. The fourth-order valence-corrected chi connectivity index (χ4v) is 5.90. The van der Waals surface area contributed by atoms with E-state index in [1.165, 1.54) is 5.56 Å². The van der Waals surface area contributed by atoms with Gasteiger partial charge in [-0.2, -0.15) is 0 Å². The molecule has 3 heterocycles. The van der Waals surface area contributed by atoms with Crippen LogP contribution in [0.2, 0.25) is 0 Å². The van der Waals surface area contributed by atoms with Gasteiger partial charge in [-0.15, -0.1) is 12.4 Å². The number of aromatic nitrogens is 3. The highest BCUT2D eigenvalue weighted by Gasteiger charge is 2.36. The summed E-state index contributed by atoms with van der Waals surface area (Å²) in [4.78, 5) is 25.5. The topological polar surface area (TPSA) is 60.2 Å². The summed E-state index contributed by atoms with van der Waals surface area (Å²) >= 11 is 1.58. The van der Waals surface area contributed by atoms with Gasteiger partial charge in [0.1, 0.15) is 11.5 Å². The third kappa shape index (κ3) is 4.72. The third-order valence-electron chi connectivity index (χ3n) is 6.65. The molecule has 1 amide bonds. The zero-order valence-corrected chi connectivity index (χ0v) is 22.0. The monoisotopic (exact) mass is 530 g/mol. The van der Waals surface area contributed by atoms with E-state index >= 15 is 0 Å². The lowest BCUT2D eigenvalue weighted by atomic mass is 9.87. The first kappa shape index (κ1) is 25.0. The van der Waals surface area contributed by atoms with Crippen molar-refractivity contribution in [1.29, 1.82) is 0 Å². The Morgan fingerprint density at radius 1 is 1.03 bits per heavy atom. The standard InChI is InChI=1S/C29H26N4O2S.ClH/c1-2-20-9-7-14-25-27(20)31-29(36-25)33(17-8-16-32-18-15-30-19-32)28(34)26-21-10-3-5-12-23(21)35-24-13-6-4-11-22(24)26;/h3-7,9-15,18-19,26H,2,8,16-17H2,1H3;1H. The molecule has 37 heavy (non-hydrogen) atoms. The van der Waals surface area contributed by atoms with Gasteiger partial charge in [0.15, 0.2) is 5.13 Å². The molecule has 0 fully saturated rings. The molecule has 188 valence electrons. The lowest BCUT2D eigenvalue weighted by Gasteiger charge is -2.31. The van der Waals surface area contributed by atoms with Gasteiger partial charge >= 0.3 is 0 Å². The Balaban J connectivity index is 0.00000280. The van der Waals surface area contributed by atoms with Crippen LogP contribution in [0.3, 0.4) is 0 Å². The van der Waals surface area contributed by atoms with E-state index in [1.807, 2.05) is 70.5 Å². The fourth-order valence-electron chi connectivity index (χ4n) is 4.86. The zero-order valence-electron chi connectivity index (χ0n) is 20.4. The molecule has 0 unspecified atom stereocenters. The number of fused-ring (bicyclic) bond motifs is 3. The Bertz CT molecular complexity index is 1490. The van der Waals surface area contributed by atoms with Crippen LogP contribution in [0, 0.1) is 0 Å². The second kappa shape index (κ2) is 10.7. The van der Waals surface area contributed by atoms with E-state index in [9.17, 15) is 4.79 Å². The third-order valence-corrected chi connectivity index (χ3v) is 7.70. The van der Waals surface area contributed by atoms with E-state index in [-0.39, 0.29) is 18.3 Å². The van der Waals surface area contributed by atoms with Gasteiger partial charge in [-0.3, -0.25) is 9.69 Å². The normalized spacial score (nSPS) is 12.4. The molecule has 2 aromatic heterocycles. The average Bonchev–Trinajstić information content (AvgIpc) is 3.59. The van der Waals surface area contributed by atoms with Crippen molar-refractivity contribution >= 4 is 45.0 Å². The fraction of sp³-hybridized carbons (Fsp3) is 0.207. The number of para-hydroxylation sites is 3. The van der Waals surface area contributed by atoms with Crippen LogP contribution in [0.4, 0.5) is 5.13 Å². The van der Waals surface area contributed by atoms with Gasteiger partial charge in [-0.1, -0.05) is 66.8 Å².